The molecule has 0 atom stereocenters. The molecule has 3 aromatic rings. The molecule has 0 aromatic heterocycles. The minimum absolute atomic E-state index is 0.909. The van der Waals surface area contributed by atoms with Crippen molar-refractivity contribution in [1.29, 1.82) is 0 Å². The lowest BCUT2D eigenvalue weighted by atomic mass is 9.91. The van der Waals surface area contributed by atoms with Crippen LogP contribution in [0, 0.1) is 6.04 Å². The first kappa shape index (κ1) is 26.8. The lowest BCUT2D eigenvalue weighted by Gasteiger charge is -2.27. The van der Waals surface area contributed by atoms with E-state index < -0.39 is 0 Å². The third-order valence-corrected chi connectivity index (χ3v) is 6.40. The molecule has 0 bridgehead atoms. The maximum absolute atomic E-state index is 3.53. The van der Waals surface area contributed by atoms with Crippen molar-refractivity contribution in [3.8, 4) is 0 Å². The summed E-state index contributed by atoms with van der Waals surface area (Å²) in [6, 6.07) is 28.3. The van der Waals surface area contributed by atoms with Crippen LogP contribution in [0.5, 0.6) is 0 Å². The van der Waals surface area contributed by atoms with Gasteiger partial charge in [0.25, 0.3) is 0 Å². The van der Waals surface area contributed by atoms with Crippen LogP contribution >= 0.6 is 0 Å². The Labute approximate surface area is 214 Å². The van der Waals surface area contributed by atoms with E-state index in [0.717, 1.165) is 38.9 Å². The first-order valence-electron chi connectivity index (χ1n) is 13.3. The van der Waals surface area contributed by atoms with E-state index in [4.69, 9.17) is 0 Å². The summed E-state index contributed by atoms with van der Waals surface area (Å²) in [6.07, 6.45) is 5.31. The van der Waals surface area contributed by atoms with Crippen LogP contribution < -0.4 is 10.2 Å². The summed E-state index contributed by atoms with van der Waals surface area (Å²) in [7, 11) is 4.33. The third-order valence-electron chi connectivity index (χ3n) is 6.40. The highest BCUT2D eigenvalue weighted by atomic mass is 15.1. The fraction of sp³-hybridized carbons (Fsp3) is 0.406. The third kappa shape index (κ3) is 7.86. The monoisotopic (exact) mass is 470 g/mol. The zero-order valence-corrected chi connectivity index (χ0v) is 22.5. The zero-order chi connectivity index (χ0) is 25.0. The van der Waals surface area contributed by atoms with Gasteiger partial charge in [0.15, 0.2) is 0 Å². The molecule has 1 N–H and O–H groups in total. The first-order chi connectivity index (χ1) is 17.0. The van der Waals surface area contributed by atoms with Gasteiger partial charge in [-0.3, -0.25) is 4.90 Å². The van der Waals surface area contributed by atoms with Gasteiger partial charge in [-0.2, -0.15) is 0 Å². The van der Waals surface area contributed by atoms with Gasteiger partial charge in [0.2, 0.25) is 0 Å². The predicted octanol–water partition coefficient (Wildman–Crippen LogP) is 7.41. The lowest BCUT2D eigenvalue weighted by molar-refractivity contribution is 0.430. The Kier molecular flexibility index (Phi) is 10.7. The Balaban J connectivity index is 1.85. The summed E-state index contributed by atoms with van der Waals surface area (Å²) in [5.74, 6) is 0. The molecule has 0 aliphatic heterocycles. The van der Waals surface area contributed by atoms with Crippen LogP contribution in [0.1, 0.15) is 62.3 Å². The van der Waals surface area contributed by atoms with Crippen LogP contribution in [0.3, 0.4) is 0 Å². The van der Waals surface area contributed by atoms with Gasteiger partial charge in [0.05, 0.1) is 6.04 Å². The van der Waals surface area contributed by atoms with Gasteiger partial charge in [-0.1, -0.05) is 69.3 Å². The van der Waals surface area contributed by atoms with Crippen molar-refractivity contribution in [2.45, 2.75) is 52.9 Å². The van der Waals surface area contributed by atoms with E-state index in [1.54, 1.807) is 0 Å². The van der Waals surface area contributed by atoms with Crippen LogP contribution in [0.15, 0.2) is 72.8 Å². The molecule has 0 saturated heterocycles. The van der Waals surface area contributed by atoms with Crippen LogP contribution in [0.25, 0.3) is 0 Å². The Morgan fingerprint density at radius 2 is 1.46 bits per heavy atom. The second-order valence-corrected chi connectivity index (χ2v) is 9.64. The Morgan fingerprint density at radius 1 is 0.743 bits per heavy atom. The number of benzene rings is 3. The highest BCUT2D eigenvalue weighted by Crippen LogP contribution is 2.29. The second-order valence-electron chi connectivity index (χ2n) is 9.64. The number of rotatable bonds is 14. The van der Waals surface area contributed by atoms with E-state index in [1.807, 2.05) is 0 Å². The Bertz CT molecular complexity index is 1020. The zero-order valence-electron chi connectivity index (χ0n) is 22.5. The lowest BCUT2D eigenvalue weighted by Crippen LogP contribution is -2.25. The summed E-state index contributed by atoms with van der Waals surface area (Å²) in [5, 5.41) is 3.53. The molecule has 0 amide bonds. The topological polar surface area (TPSA) is 18.5 Å². The van der Waals surface area contributed by atoms with Crippen LogP contribution in [-0.2, 0) is 12.8 Å². The summed E-state index contributed by atoms with van der Waals surface area (Å²) >= 11 is 0. The molecule has 0 aliphatic carbocycles. The van der Waals surface area contributed by atoms with E-state index in [9.17, 15) is 0 Å². The predicted molar refractivity (Wildman–Crippen MR) is 153 cm³/mol. The quantitative estimate of drug-likeness (QED) is 0.265. The molecule has 3 aromatic carbocycles. The largest absolute Gasteiger partial charge is 0.385 e. The smallest absolute Gasteiger partial charge is 0.0730 e. The van der Waals surface area contributed by atoms with Gasteiger partial charge in [-0.25, -0.2) is 0 Å². The van der Waals surface area contributed by atoms with Crippen LogP contribution in [-0.4, -0.2) is 38.6 Å². The maximum atomic E-state index is 3.53. The van der Waals surface area contributed by atoms with Crippen molar-refractivity contribution in [3.63, 3.8) is 0 Å². The van der Waals surface area contributed by atoms with Gasteiger partial charge in [-0.05, 0) is 92.7 Å². The molecule has 1 radical (unpaired) electrons. The van der Waals surface area contributed by atoms with Gasteiger partial charge in [0, 0.05) is 31.0 Å². The van der Waals surface area contributed by atoms with Crippen molar-refractivity contribution in [2.24, 2.45) is 0 Å². The molecule has 3 heteroatoms. The standard InChI is InChI=1S/C32H44N3/c1-6-19-33-29-16-11-13-27(23-29)25-32(34(4)5)31-18-10-9-15-28(31)22-26-14-12-17-30(24-26)35(20-7-2)21-8-3/h9-18,23-24,33H,6-8,19-22,25H2,1-5H3. The van der Waals surface area contributed by atoms with Crippen molar-refractivity contribution in [2.75, 3.05) is 43.9 Å². The molecule has 0 aliphatic rings. The molecule has 0 heterocycles. The second kappa shape index (κ2) is 13.9. The summed E-state index contributed by atoms with van der Waals surface area (Å²) in [6.45, 7) is 9.95. The molecule has 3 rings (SSSR count). The Hall–Kier alpha value is -2.78. The number of likely N-dealkylation sites (N-methyl/N-ethyl adjacent to an activating group) is 1. The van der Waals surface area contributed by atoms with Gasteiger partial charge < -0.3 is 10.2 Å². The van der Waals surface area contributed by atoms with Gasteiger partial charge in [0.1, 0.15) is 0 Å². The van der Waals surface area contributed by atoms with E-state index in [-0.39, 0.29) is 0 Å². The average Bonchev–Trinajstić information content (AvgIpc) is 2.87. The fourth-order valence-corrected chi connectivity index (χ4v) is 4.70. The van der Waals surface area contributed by atoms with Crippen molar-refractivity contribution >= 4 is 11.4 Å². The molecule has 0 saturated carbocycles. The molecular weight excluding hydrogens is 426 g/mol. The van der Waals surface area contributed by atoms with E-state index in [2.05, 4.69) is 123 Å². The van der Waals surface area contributed by atoms with Crippen molar-refractivity contribution < 1.29 is 0 Å². The highest BCUT2D eigenvalue weighted by molar-refractivity contribution is 5.51. The first-order valence-corrected chi connectivity index (χ1v) is 13.3. The van der Waals surface area contributed by atoms with Crippen molar-refractivity contribution in [3.05, 3.63) is 101 Å². The molecule has 35 heavy (non-hydrogen) atoms. The summed E-state index contributed by atoms with van der Waals surface area (Å²) < 4.78 is 0. The van der Waals surface area contributed by atoms with Crippen LogP contribution in [0.2, 0.25) is 0 Å². The van der Waals surface area contributed by atoms with E-state index in [0.29, 0.717) is 0 Å². The number of hydrogen-bond acceptors (Lipinski definition) is 3. The van der Waals surface area contributed by atoms with E-state index in [1.165, 1.54) is 52.5 Å². The van der Waals surface area contributed by atoms with Crippen molar-refractivity contribution in [1.82, 2.24) is 4.90 Å². The maximum Gasteiger partial charge on any atom is 0.0730 e. The Morgan fingerprint density at radius 3 is 2.17 bits per heavy atom. The van der Waals surface area contributed by atoms with Gasteiger partial charge in [-0.15, -0.1) is 0 Å². The summed E-state index contributed by atoms with van der Waals surface area (Å²) in [5.41, 5.74) is 7.98. The van der Waals surface area contributed by atoms with Crippen LogP contribution in [0.4, 0.5) is 11.4 Å². The highest BCUT2D eigenvalue weighted by Gasteiger charge is 2.20. The SMILES string of the molecule is CCCNc1cccc(C[C](c2ccccc2Cc2cccc(N(CCC)CCC)c2)N(C)C)c1. The summed E-state index contributed by atoms with van der Waals surface area (Å²) in [4.78, 5) is 4.80. The number of nitrogens with one attached hydrogen (secondary N) is 1. The number of anilines is 2. The van der Waals surface area contributed by atoms with Gasteiger partial charge >= 0.3 is 0 Å². The number of nitrogens with zero attached hydrogens (tertiary/aromatic N) is 2. The molecule has 3 nitrogen and oxygen atoms in total. The molecular formula is C32H44N3. The molecule has 187 valence electrons. The average molecular weight is 471 g/mol. The fourth-order valence-electron chi connectivity index (χ4n) is 4.70. The number of hydrogen-bond donors (Lipinski definition) is 1. The van der Waals surface area contributed by atoms with E-state index >= 15 is 0 Å². The molecule has 0 spiro atoms. The minimum atomic E-state index is 0.909. The molecule has 0 fully saturated rings. The normalized spacial score (nSPS) is 11.3. The molecule has 0 unspecified atom stereocenters. The minimum Gasteiger partial charge on any atom is -0.385 e.